The zero-order valence-corrected chi connectivity index (χ0v) is 9.92. The highest BCUT2D eigenvalue weighted by Crippen LogP contribution is 2.30. The van der Waals surface area contributed by atoms with Crippen LogP contribution in [0.25, 0.3) is 10.2 Å². The summed E-state index contributed by atoms with van der Waals surface area (Å²) in [6, 6.07) is 10.0. The van der Waals surface area contributed by atoms with Crippen LogP contribution in [0.1, 0.15) is 5.69 Å². The van der Waals surface area contributed by atoms with E-state index in [-0.39, 0.29) is 0 Å². The second-order valence-corrected chi connectivity index (χ2v) is 5.48. The Morgan fingerprint density at radius 3 is 3.00 bits per heavy atom. The lowest BCUT2D eigenvalue weighted by Gasteiger charge is -1.90. The number of fused-ring (bicyclic) bond motifs is 1. The van der Waals surface area contributed by atoms with Crippen LogP contribution in [0.4, 0.5) is 0 Å². The molecule has 3 rings (SSSR count). The number of thioether (sulfide) groups is 1. The predicted octanol–water partition coefficient (Wildman–Crippen LogP) is 3.58. The Balaban J connectivity index is 1.79. The van der Waals surface area contributed by atoms with Crippen molar-refractivity contribution in [2.75, 3.05) is 0 Å². The Kier molecular flexibility index (Phi) is 2.63. The molecule has 0 spiro atoms. The number of rotatable bonds is 3. The Labute approximate surface area is 100 Å². The van der Waals surface area contributed by atoms with Gasteiger partial charge < -0.3 is 4.52 Å². The standard InChI is InChI=1S/C11H8N2OS2/c1-2-4-10-9(3-1)12-11(16-10)15-7-8-5-6-14-13-8/h1-6H,7H2. The molecule has 0 fully saturated rings. The van der Waals surface area contributed by atoms with E-state index < -0.39 is 0 Å². The summed E-state index contributed by atoms with van der Waals surface area (Å²) in [6.45, 7) is 0. The maximum Gasteiger partial charge on any atom is 0.151 e. The fourth-order valence-corrected chi connectivity index (χ4v) is 3.32. The molecule has 0 amide bonds. The van der Waals surface area contributed by atoms with Gasteiger partial charge in [-0.05, 0) is 12.1 Å². The SMILES string of the molecule is c1ccc2sc(SCc3ccon3)nc2c1. The van der Waals surface area contributed by atoms with E-state index in [0.29, 0.717) is 0 Å². The summed E-state index contributed by atoms with van der Waals surface area (Å²) >= 11 is 3.40. The fraction of sp³-hybridized carbons (Fsp3) is 0.0909. The van der Waals surface area contributed by atoms with Crippen LogP contribution in [0.5, 0.6) is 0 Å². The molecular formula is C11H8N2OS2. The number of benzene rings is 1. The molecule has 0 bridgehead atoms. The Morgan fingerprint density at radius 2 is 2.19 bits per heavy atom. The molecule has 0 saturated heterocycles. The molecule has 0 aliphatic carbocycles. The predicted molar refractivity (Wildman–Crippen MR) is 65.7 cm³/mol. The first-order chi connectivity index (χ1) is 7.92. The van der Waals surface area contributed by atoms with Crippen molar-refractivity contribution in [2.24, 2.45) is 0 Å². The topological polar surface area (TPSA) is 38.9 Å². The van der Waals surface area contributed by atoms with Crippen LogP contribution in [0, 0.1) is 0 Å². The Bertz CT molecular complexity index is 556. The number of hydrogen-bond donors (Lipinski definition) is 0. The monoisotopic (exact) mass is 248 g/mol. The van der Waals surface area contributed by atoms with Gasteiger partial charge >= 0.3 is 0 Å². The summed E-state index contributed by atoms with van der Waals surface area (Å²) in [6.07, 6.45) is 1.59. The van der Waals surface area contributed by atoms with Crippen molar-refractivity contribution >= 4 is 33.3 Å². The van der Waals surface area contributed by atoms with Gasteiger partial charge in [-0.15, -0.1) is 11.3 Å². The molecular weight excluding hydrogens is 240 g/mol. The van der Waals surface area contributed by atoms with E-state index in [2.05, 4.69) is 16.2 Å². The van der Waals surface area contributed by atoms with E-state index >= 15 is 0 Å². The van der Waals surface area contributed by atoms with Crippen LogP contribution < -0.4 is 0 Å². The molecule has 0 aliphatic heterocycles. The zero-order chi connectivity index (χ0) is 10.8. The first kappa shape index (κ1) is 9.86. The Hall–Kier alpha value is -1.33. The van der Waals surface area contributed by atoms with E-state index in [4.69, 9.17) is 4.52 Å². The summed E-state index contributed by atoms with van der Waals surface area (Å²) in [7, 11) is 0. The molecule has 0 aliphatic rings. The fourth-order valence-electron chi connectivity index (χ4n) is 1.36. The molecule has 0 unspecified atom stereocenters. The van der Waals surface area contributed by atoms with Gasteiger partial charge in [0.05, 0.1) is 15.9 Å². The lowest BCUT2D eigenvalue weighted by molar-refractivity contribution is 0.414. The van der Waals surface area contributed by atoms with Crippen molar-refractivity contribution in [1.29, 1.82) is 0 Å². The van der Waals surface area contributed by atoms with Crippen molar-refractivity contribution in [2.45, 2.75) is 10.1 Å². The number of hydrogen-bond acceptors (Lipinski definition) is 5. The molecule has 16 heavy (non-hydrogen) atoms. The van der Waals surface area contributed by atoms with Crippen molar-refractivity contribution in [3.05, 3.63) is 42.3 Å². The highest BCUT2D eigenvalue weighted by Gasteiger charge is 2.05. The van der Waals surface area contributed by atoms with Crippen molar-refractivity contribution in [3.8, 4) is 0 Å². The molecule has 80 valence electrons. The van der Waals surface area contributed by atoms with Crippen LogP contribution in [0.3, 0.4) is 0 Å². The zero-order valence-electron chi connectivity index (χ0n) is 8.29. The van der Waals surface area contributed by atoms with Crippen molar-refractivity contribution < 1.29 is 4.52 Å². The first-order valence-corrected chi connectivity index (χ1v) is 6.60. The van der Waals surface area contributed by atoms with Crippen LogP contribution >= 0.6 is 23.1 Å². The van der Waals surface area contributed by atoms with E-state index in [1.165, 1.54) is 4.70 Å². The molecule has 2 heterocycles. The average Bonchev–Trinajstić information content (AvgIpc) is 2.95. The van der Waals surface area contributed by atoms with Gasteiger partial charge in [0.15, 0.2) is 4.34 Å². The van der Waals surface area contributed by atoms with Gasteiger partial charge in [-0.2, -0.15) is 0 Å². The largest absolute Gasteiger partial charge is 0.364 e. The molecule has 0 atom stereocenters. The van der Waals surface area contributed by atoms with Crippen LogP contribution in [0.15, 0.2) is 45.5 Å². The van der Waals surface area contributed by atoms with Crippen molar-refractivity contribution in [1.82, 2.24) is 10.1 Å². The maximum absolute atomic E-state index is 4.78. The second-order valence-electron chi connectivity index (χ2n) is 3.23. The molecule has 0 radical (unpaired) electrons. The third kappa shape index (κ3) is 1.96. The van der Waals surface area contributed by atoms with Crippen LogP contribution in [-0.2, 0) is 5.75 Å². The third-order valence-electron chi connectivity index (χ3n) is 2.11. The molecule has 5 heteroatoms. The normalized spacial score (nSPS) is 11.0. The molecule has 1 aromatic carbocycles. The van der Waals surface area contributed by atoms with Gasteiger partial charge in [-0.1, -0.05) is 29.1 Å². The highest BCUT2D eigenvalue weighted by molar-refractivity contribution is 8.00. The van der Waals surface area contributed by atoms with Gasteiger partial charge in [0.25, 0.3) is 0 Å². The number of para-hydroxylation sites is 1. The second kappa shape index (κ2) is 4.27. The highest BCUT2D eigenvalue weighted by atomic mass is 32.2. The molecule has 0 saturated carbocycles. The van der Waals surface area contributed by atoms with E-state index in [1.54, 1.807) is 29.4 Å². The number of aromatic nitrogens is 2. The quantitative estimate of drug-likeness (QED) is 0.664. The lowest BCUT2D eigenvalue weighted by Crippen LogP contribution is -1.78. The van der Waals surface area contributed by atoms with Gasteiger partial charge in [-0.3, -0.25) is 0 Å². The molecule has 2 aromatic heterocycles. The molecule has 0 N–H and O–H groups in total. The smallest absolute Gasteiger partial charge is 0.151 e. The van der Waals surface area contributed by atoms with Crippen LogP contribution in [0.2, 0.25) is 0 Å². The number of thiazole rings is 1. The maximum atomic E-state index is 4.78. The minimum atomic E-state index is 0.802. The third-order valence-corrected chi connectivity index (χ3v) is 4.32. The van der Waals surface area contributed by atoms with Gasteiger partial charge in [0.1, 0.15) is 6.26 Å². The summed E-state index contributed by atoms with van der Waals surface area (Å²) in [5.41, 5.74) is 2.01. The molecule has 3 nitrogen and oxygen atoms in total. The molecule has 3 aromatic rings. The first-order valence-electron chi connectivity index (χ1n) is 4.79. The van der Waals surface area contributed by atoms with E-state index in [0.717, 1.165) is 21.3 Å². The summed E-state index contributed by atoms with van der Waals surface area (Å²) in [5, 5.41) is 3.87. The van der Waals surface area contributed by atoms with Crippen LogP contribution in [-0.4, -0.2) is 10.1 Å². The van der Waals surface area contributed by atoms with Crippen molar-refractivity contribution in [3.63, 3.8) is 0 Å². The van der Waals surface area contributed by atoms with Gasteiger partial charge in [0, 0.05) is 11.8 Å². The summed E-state index contributed by atoms with van der Waals surface area (Å²) < 4.78 is 7.08. The minimum absolute atomic E-state index is 0.802. The average molecular weight is 248 g/mol. The van der Waals surface area contributed by atoms with Gasteiger partial charge in [0.2, 0.25) is 0 Å². The summed E-state index contributed by atoms with van der Waals surface area (Å²) in [4.78, 5) is 4.54. The summed E-state index contributed by atoms with van der Waals surface area (Å²) in [5.74, 6) is 0.802. The number of nitrogens with zero attached hydrogens (tertiary/aromatic N) is 2. The van der Waals surface area contributed by atoms with E-state index in [9.17, 15) is 0 Å². The van der Waals surface area contributed by atoms with E-state index in [1.807, 2.05) is 24.3 Å². The minimum Gasteiger partial charge on any atom is -0.364 e. The lowest BCUT2D eigenvalue weighted by atomic mass is 10.3. The Morgan fingerprint density at radius 1 is 1.25 bits per heavy atom. The van der Waals surface area contributed by atoms with Gasteiger partial charge in [-0.25, -0.2) is 4.98 Å².